The van der Waals surface area contributed by atoms with Gasteiger partial charge in [0.2, 0.25) is 5.91 Å². The Hall–Kier alpha value is -2.92. The average molecular weight is 540 g/mol. The zero-order valence-corrected chi connectivity index (χ0v) is 21.9. The van der Waals surface area contributed by atoms with E-state index in [1.807, 2.05) is 18.2 Å². The van der Waals surface area contributed by atoms with Gasteiger partial charge in [-0.05, 0) is 130 Å². The van der Waals surface area contributed by atoms with E-state index in [1.54, 1.807) is 0 Å². The monoisotopic (exact) mass is 539 g/mol. The average Bonchev–Trinajstić information content (AvgIpc) is 3.79. The molecule has 0 aromatic heterocycles. The third kappa shape index (κ3) is 4.84. The van der Waals surface area contributed by atoms with E-state index in [0.29, 0.717) is 23.5 Å². The van der Waals surface area contributed by atoms with Crippen LogP contribution in [0.25, 0.3) is 0 Å². The summed E-state index contributed by atoms with van der Waals surface area (Å²) in [4.78, 5) is 15.8. The second-order valence-electron chi connectivity index (χ2n) is 12.2. The Bertz CT molecular complexity index is 1320. The molecular weight excluding hydrogens is 506 g/mol. The number of nitriles is 1. The molecule has 4 aliphatic rings. The number of hydrogen-bond donors (Lipinski definition) is 1. The van der Waals surface area contributed by atoms with Gasteiger partial charge in [-0.1, -0.05) is 12.1 Å². The minimum atomic E-state index is -4.82. The van der Waals surface area contributed by atoms with Crippen LogP contribution in [0.2, 0.25) is 0 Å². The number of halogens is 4. The van der Waals surface area contributed by atoms with Crippen LogP contribution in [0.5, 0.6) is 0 Å². The molecule has 1 heterocycles. The summed E-state index contributed by atoms with van der Waals surface area (Å²) in [5, 5.41) is 12.0. The second-order valence-corrected chi connectivity index (χ2v) is 12.2. The number of nitrogens with zero attached hydrogens (tertiary/aromatic N) is 2. The first-order valence-corrected chi connectivity index (χ1v) is 14.1. The maximum atomic E-state index is 13.8. The van der Waals surface area contributed by atoms with Crippen molar-refractivity contribution in [1.29, 1.82) is 5.26 Å². The predicted molar refractivity (Wildman–Crippen MR) is 139 cm³/mol. The molecule has 1 amide bonds. The van der Waals surface area contributed by atoms with Gasteiger partial charge in [0, 0.05) is 11.6 Å². The van der Waals surface area contributed by atoms with Crippen LogP contribution < -0.4 is 5.32 Å². The van der Waals surface area contributed by atoms with Gasteiger partial charge in [-0.2, -0.15) is 18.4 Å². The number of hydrogen-bond acceptors (Lipinski definition) is 3. The first-order chi connectivity index (χ1) is 18.6. The molecule has 4 nitrogen and oxygen atoms in total. The summed E-state index contributed by atoms with van der Waals surface area (Å²) in [6.07, 6.45) is 3.29. The van der Waals surface area contributed by atoms with Crippen LogP contribution in [-0.2, 0) is 16.4 Å². The van der Waals surface area contributed by atoms with Gasteiger partial charge in [0.15, 0.2) is 0 Å². The summed E-state index contributed by atoms with van der Waals surface area (Å²) in [7, 11) is 0. The van der Waals surface area contributed by atoms with Crippen LogP contribution in [0.1, 0.15) is 68.1 Å². The molecule has 2 aromatic carbocycles. The fourth-order valence-corrected chi connectivity index (χ4v) is 7.70. The number of likely N-dealkylation sites (tertiary alicyclic amines) is 1. The van der Waals surface area contributed by atoms with Crippen LogP contribution in [-0.4, -0.2) is 30.4 Å². The fourth-order valence-electron chi connectivity index (χ4n) is 7.70. The number of rotatable bonds is 8. The number of benzene rings is 2. The van der Waals surface area contributed by atoms with E-state index < -0.39 is 17.6 Å². The molecule has 2 aromatic rings. The summed E-state index contributed by atoms with van der Waals surface area (Å²) in [6.45, 7) is 3.27. The molecule has 3 unspecified atom stereocenters. The smallest absolute Gasteiger partial charge is 0.326 e. The lowest BCUT2D eigenvalue weighted by Gasteiger charge is -2.36. The zero-order valence-electron chi connectivity index (χ0n) is 21.9. The summed E-state index contributed by atoms with van der Waals surface area (Å²) in [5.74, 6) is -0.918. The number of carbonyl (C=O) groups is 1. The summed E-state index contributed by atoms with van der Waals surface area (Å²) in [5.41, 5.74) is 0.554. The number of nitrogens with one attached hydrogen (secondary N) is 1. The summed E-state index contributed by atoms with van der Waals surface area (Å²) in [6, 6.07) is 12.9. The van der Waals surface area contributed by atoms with Crippen molar-refractivity contribution in [3.8, 4) is 6.07 Å². The molecule has 4 fully saturated rings. The quantitative estimate of drug-likeness (QED) is 0.371. The molecule has 6 rings (SSSR count). The van der Waals surface area contributed by atoms with E-state index in [1.165, 1.54) is 18.1 Å². The van der Waals surface area contributed by atoms with Crippen molar-refractivity contribution in [2.75, 3.05) is 25.0 Å². The lowest BCUT2D eigenvalue weighted by Crippen LogP contribution is -2.38. The molecule has 1 N–H and O–H groups in total. The molecule has 3 aliphatic carbocycles. The number of amides is 1. The van der Waals surface area contributed by atoms with Gasteiger partial charge in [0.05, 0.1) is 17.2 Å². The van der Waals surface area contributed by atoms with Gasteiger partial charge < -0.3 is 10.2 Å². The van der Waals surface area contributed by atoms with Crippen LogP contribution >= 0.6 is 0 Å². The highest BCUT2D eigenvalue weighted by molar-refractivity contribution is 5.95. The topological polar surface area (TPSA) is 56.1 Å². The number of fused-ring (bicyclic) bond motifs is 1. The van der Waals surface area contributed by atoms with Crippen LogP contribution in [0, 0.1) is 40.3 Å². The van der Waals surface area contributed by atoms with Crippen molar-refractivity contribution >= 4 is 11.6 Å². The van der Waals surface area contributed by atoms with Crippen LogP contribution in [0.3, 0.4) is 0 Å². The Kier molecular flexibility index (Phi) is 6.49. The molecule has 8 heteroatoms. The van der Waals surface area contributed by atoms with Gasteiger partial charge in [-0.3, -0.25) is 4.79 Å². The zero-order chi connectivity index (χ0) is 27.4. The molecule has 0 spiro atoms. The molecule has 0 radical (unpaired) electrons. The van der Waals surface area contributed by atoms with Crippen molar-refractivity contribution in [2.24, 2.45) is 23.2 Å². The number of alkyl halides is 3. The third-order valence-corrected chi connectivity index (χ3v) is 10.2. The molecule has 5 atom stereocenters. The highest BCUT2D eigenvalue weighted by Gasteiger charge is 2.66. The number of anilines is 1. The minimum absolute atomic E-state index is 0.0164. The largest absolute Gasteiger partial charge is 0.419 e. The predicted octanol–water partition coefficient (Wildman–Crippen LogP) is 6.90. The highest BCUT2D eigenvalue weighted by Crippen LogP contribution is 2.71. The van der Waals surface area contributed by atoms with E-state index in [4.69, 9.17) is 0 Å². The Balaban J connectivity index is 1.17. The van der Waals surface area contributed by atoms with Crippen molar-refractivity contribution in [3.05, 3.63) is 65.0 Å². The Morgan fingerprint density at radius 1 is 1.13 bits per heavy atom. The van der Waals surface area contributed by atoms with Gasteiger partial charge in [0.1, 0.15) is 5.82 Å². The normalized spacial score (nSPS) is 31.5. The highest BCUT2D eigenvalue weighted by atomic mass is 19.4. The van der Waals surface area contributed by atoms with Crippen LogP contribution in [0.15, 0.2) is 42.5 Å². The van der Waals surface area contributed by atoms with E-state index in [-0.39, 0.29) is 28.3 Å². The van der Waals surface area contributed by atoms with E-state index in [9.17, 15) is 27.6 Å². The standard InChI is InChI=1S/C31H33F4N3O/c32-27-7-6-24(16-25(27)31(33,34)35)37-28(39)26-18-30(26,9-2-11-38-12-3-13-38)22-8-10-29(17-23(29)15-22)21-5-1-4-20(14-21)19-36/h1,4-7,14,16,22-23,26H,2-3,8-13,15,17-18H2,(H,37,39)/t22-,23?,26?,29-,30?/m1/s1. The number of carbonyl (C=O) groups excluding carboxylic acids is 1. The van der Waals surface area contributed by atoms with Crippen molar-refractivity contribution < 1.29 is 22.4 Å². The van der Waals surface area contributed by atoms with Gasteiger partial charge in [-0.15, -0.1) is 0 Å². The first-order valence-electron chi connectivity index (χ1n) is 14.1. The first kappa shape index (κ1) is 26.3. The molecular formula is C31H33F4N3O. The maximum absolute atomic E-state index is 13.8. The molecule has 206 valence electrons. The SMILES string of the molecule is N#Cc1cccc([C@]23CC[C@@H](C4(CCCN5CCC5)CC4C(=O)Nc4ccc(F)c(C(F)(F)F)c4)CC2C3)c1. The van der Waals surface area contributed by atoms with E-state index >= 15 is 0 Å². The van der Waals surface area contributed by atoms with Crippen molar-refractivity contribution in [1.82, 2.24) is 4.90 Å². The lowest BCUT2D eigenvalue weighted by molar-refractivity contribution is -0.140. The molecule has 1 aliphatic heterocycles. The Labute approximate surface area is 226 Å². The van der Waals surface area contributed by atoms with E-state index in [0.717, 1.165) is 70.6 Å². The fraction of sp³-hybridized carbons (Fsp3) is 0.548. The van der Waals surface area contributed by atoms with E-state index in [2.05, 4.69) is 22.4 Å². The second kappa shape index (κ2) is 9.62. The van der Waals surface area contributed by atoms with Crippen molar-refractivity contribution in [2.45, 2.75) is 63.0 Å². The van der Waals surface area contributed by atoms with Gasteiger partial charge in [-0.25, -0.2) is 4.39 Å². The summed E-state index contributed by atoms with van der Waals surface area (Å²) >= 11 is 0. The van der Waals surface area contributed by atoms with Crippen molar-refractivity contribution in [3.63, 3.8) is 0 Å². The third-order valence-electron chi connectivity index (χ3n) is 10.2. The van der Waals surface area contributed by atoms with Gasteiger partial charge >= 0.3 is 6.18 Å². The Morgan fingerprint density at radius 2 is 1.95 bits per heavy atom. The van der Waals surface area contributed by atoms with Gasteiger partial charge in [0.25, 0.3) is 0 Å². The molecule has 1 saturated heterocycles. The minimum Gasteiger partial charge on any atom is -0.326 e. The molecule has 3 saturated carbocycles. The lowest BCUT2D eigenvalue weighted by atomic mass is 9.69. The molecule has 0 bridgehead atoms. The maximum Gasteiger partial charge on any atom is 0.419 e. The molecule has 39 heavy (non-hydrogen) atoms. The summed E-state index contributed by atoms with van der Waals surface area (Å²) < 4.78 is 53.4. The Morgan fingerprint density at radius 3 is 2.64 bits per heavy atom. The van der Waals surface area contributed by atoms with Crippen LogP contribution in [0.4, 0.5) is 23.2 Å².